The lowest BCUT2D eigenvalue weighted by molar-refractivity contribution is 0.0785. The number of aromatic nitrogens is 2. The summed E-state index contributed by atoms with van der Waals surface area (Å²) in [5, 5.41) is 14.3. The van der Waals surface area contributed by atoms with Crippen LogP contribution in [0.15, 0.2) is 24.5 Å². The van der Waals surface area contributed by atoms with Crippen LogP contribution >= 0.6 is 11.6 Å². The fourth-order valence-corrected chi connectivity index (χ4v) is 2.14. The Bertz CT molecular complexity index is 560. The third-order valence-corrected chi connectivity index (χ3v) is 3.39. The van der Waals surface area contributed by atoms with Gasteiger partial charge in [0.25, 0.3) is 0 Å². The smallest absolute Gasteiger partial charge is 0.137 e. The Labute approximate surface area is 104 Å². The number of rotatable bonds is 2. The zero-order valence-corrected chi connectivity index (χ0v) is 9.85. The standard InChI is InChI=1S/C12H12ClN3O/c13-7-1-2-9-8(5-7)12(15-6-14-9)16-10-3-4-11(10)17/h1-2,5-6,10-11,17H,3-4H2,(H,14,15,16). The van der Waals surface area contributed by atoms with E-state index in [1.54, 1.807) is 6.07 Å². The number of hydrogen-bond acceptors (Lipinski definition) is 4. The van der Waals surface area contributed by atoms with Gasteiger partial charge in [-0.3, -0.25) is 0 Å². The molecule has 17 heavy (non-hydrogen) atoms. The molecular formula is C12H12ClN3O. The lowest BCUT2D eigenvalue weighted by Gasteiger charge is -2.33. The van der Waals surface area contributed by atoms with Crippen LogP contribution in [0.5, 0.6) is 0 Å². The van der Waals surface area contributed by atoms with Crippen molar-refractivity contribution in [1.82, 2.24) is 9.97 Å². The maximum Gasteiger partial charge on any atom is 0.137 e. The summed E-state index contributed by atoms with van der Waals surface area (Å²) in [6, 6.07) is 5.59. The van der Waals surface area contributed by atoms with Crippen LogP contribution in [0.2, 0.25) is 5.02 Å². The Morgan fingerprint density at radius 3 is 2.88 bits per heavy atom. The van der Waals surface area contributed by atoms with Gasteiger partial charge in [0.1, 0.15) is 12.1 Å². The van der Waals surface area contributed by atoms with E-state index in [0.717, 1.165) is 29.6 Å². The second kappa shape index (κ2) is 4.13. The molecule has 0 bridgehead atoms. The number of hydrogen-bond donors (Lipinski definition) is 2. The summed E-state index contributed by atoms with van der Waals surface area (Å²) in [5.41, 5.74) is 0.848. The van der Waals surface area contributed by atoms with Crippen LogP contribution in [0.4, 0.5) is 5.82 Å². The minimum Gasteiger partial charge on any atom is -0.391 e. The van der Waals surface area contributed by atoms with E-state index in [1.807, 2.05) is 12.1 Å². The van der Waals surface area contributed by atoms with Crippen molar-refractivity contribution in [1.29, 1.82) is 0 Å². The Kier molecular flexibility index (Phi) is 2.61. The van der Waals surface area contributed by atoms with Gasteiger partial charge in [-0.15, -0.1) is 0 Å². The van der Waals surface area contributed by atoms with Gasteiger partial charge in [0.05, 0.1) is 17.7 Å². The van der Waals surface area contributed by atoms with Gasteiger partial charge in [0, 0.05) is 10.4 Å². The van der Waals surface area contributed by atoms with E-state index in [2.05, 4.69) is 15.3 Å². The average Bonchev–Trinajstić information content (AvgIpc) is 2.34. The van der Waals surface area contributed by atoms with Gasteiger partial charge < -0.3 is 10.4 Å². The zero-order valence-electron chi connectivity index (χ0n) is 9.10. The quantitative estimate of drug-likeness (QED) is 0.857. The molecule has 4 nitrogen and oxygen atoms in total. The molecule has 1 aliphatic rings. The first kappa shape index (κ1) is 10.7. The number of anilines is 1. The van der Waals surface area contributed by atoms with E-state index in [0.29, 0.717) is 5.02 Å². The van der Waals surface area contributed by atoms with Crippen LogP contribution in [0.3, 0.4) is 0 Å². The molecule has 1 saturated carbocycles. The predicted octanol–water partition coefficient (Wildman–Crippen LogP) is 2.22. The molecular weight excluding hydrogens is 238 g/mol. The molecule has 0 saturated heterocycles. The van der Waals surface area contributed by atoms with E-state index >= 15 is 0 Å². The summed E-state index contributed by atoms with van der Waals surface area (Å²) in [7, 11) is 0. The number of nitrogens with one attached hydrogen (secondary N) is 1. The molecule has 1 aliphatic carbocycles. The third kappa shape index (κ3) is 1.94. The first-order valence-electron chi connectivity index (χ1n) is 5.59. The Morgan fingerprint density at radius 2 is 2.18 bits per heavy atom. The molecule has 1 aromatic carbocycles. The topological polar surface area (TPSA) is 58.0 Å². The van der Waals surface area contributed by atoms with Gasteiger partial charge in [-0.05, 0) is 31.0 Å². The second-order valence-electron chi connectivity index (χ2n) is 4.28. The minimum atomic E-state index is -0.279. The van der Waals surface area contributed by atoms with Crippen LogP contribution in [-0.2, 0) is 0 Å². The molecule has 2 aromatic rings. The maximum atomic E-state index is 9.56. The molecule has 88 valence electrons. The number of fused-ring (bicyclic) bond motifs is 1. The Hall–Kier alpha value is -1.39. The predicted molar refractivity (Wildman–Crippen MR) is 67.2 cm³/mol. The van der Waals surface area contributed by atoms with Gasteiger partial charge in [-0.2, -0.15) is 0 Å². The molecule has 0 radical (unpaired) electrons. The summed E-state index contributed by atoms with van der Waals surface area (Å²) < 4.78 is 0. The van der Waals surface area contributed by atoms with Crippen LogP contribution in [0.25, 0.3) is 10.9 Å². The normalized spacial score (nSPS) is 23.4. The highest BCUT2D eigenvalue weighted by Crippen LogP contribution is 2.28. The highest BCUT2D eigenvalue weighted by atomic mass is 35.5. The van der Waals surface area contributed by atoms with Crippen molar-refractivity contribution in [2.45, 2.75) is 25.0 Å². The van der Waals surface area contributed by atoms with E-state index in [9.17, 15) is 5.11 Å². The molecule has 1 heterocycles. The molecule has 2 unspecified atom stereocenters. The molecule has 1 aromatic heterocycles. The maximum absolute atomic E-state index is 9.56. The van der Waals surface area contributed by atoms with E-state index in [-0.39, 0.29) is 12.1 Å². The van der Waals surface area contributed by atoms with E-state index < -0.39 is 0 Å². The third-order valence-electron chi connectivity index (χ3n) is 3.16. The van der Waals surface area contributed by atoms with Crippen molar-refractivity contribution in [3.8, 4) is 0 Å². The van der Waals surface area contributed by atoms with Crippen molar-refractivity contribution in [2.24, 2.45) is 0 Å². The average molecular weight is 250 g/mol. The molecule has 5 heteroatoms. The zero-order chi connectivity index (χ0) is 11.8. The van der Waals surface area contributed by atoms with Crippen molar-refractivity contribution in [2.75, 3.05) is 5.32 Å². The number of benzene rings is 1. The fraction of sp³-hybridized carbons (Fsp3) is 0.333. The number of aliphatic hydroxyl groups is 1. The van der Waals surface area contributed by atoms with Crippen LogP contribution < -0.4 is 5.32 Å². The lowest BCUT2D eigenvalue weighted by atomic mass is 9.89. The monoisotopic (exact) mass is 249 g/mol. The number of aliphatic hydroxyl groups excluding tert-OH is 1. The lowest BCUT2D eigenvalue weighted by Crippen LogP contribution is -2.42. The highest BCUT2D eigenvalue weighted by molar-refractivity contribution is 6.31. The summed E-state index contributed by atoms with van der Waals surface area (Å²) in [4.78, 5) is 8.39. The van der Waals surface area contributed by atoms with Gasteiger partial charge in [0.2, 0.25) is 0 Å². The van der Waals surface area contributed by atoms with Crippen LogP contribution in [0, 0.1) is 0 Å². The first-order valence-corrected chi connectivity index (χ1v) is 5.97. The fourth-order valence-electron chi connectivity index (χ4n) is 1.97. The van der Waals surface area contributed by atoms with Crippen LogP contribution in [0.1, 0.15) is 12.8 Å². The molecule has 1 fully saturated rings. The molecule has 2 N–H and O–H groups in total. The number of nitrogens with zero attached hydrogens (tertiary/aromatic N) is 2. The number of halogens is 1. The van der Waals surface area contributed by atoms with Gasteiger partial charge in [0.15, 0.2) is 0 Å². The molecule has 3 rings (SSSR count). The van der Waals surface area contributed by atoms with Crippen molar-refractivity contribution >= 4 is 28.3 Å². The summed E-state index contributed by atoms with van der Waals surface area (Å²) in [6.45, 7) is 0. The SMILES string of the molecule is OC1CCC1Nc1ncnc2ccc(Cl)cc12. The minimum absolute atomic E-state index is 0.0899. The van der Waals surface area contributed by atoms with Crippen molar-refractivity contribution < 1.29 is 5.11 Å². The van der Waals surface area contributed by atoms with Crippen molar-refractivity contribution in [3.63, 3.8) is 0 Å². The van der Waals surface area contributed by atoms with Gasteiger partial charge in [-0.1, -0.05) is 11.6 Å². The van der Waals surface area contributed by atoms with Gasteiger partial charge in [-0.25, -0.2) is 9.97 Å². The largest absolute Gasteiger partial charge is 0.391 e. The summed E-state index contributed by atoms with van der Waals surface area (Å²) >= 11 is 5.97. The van der Waals surface area contributed by atoms with E-state index in [4.69, 9.17) is 11.6 Å². The van der Waals surface area contributed by atoms with Crippen molar-refractivity contribution in [3.05, 3.63) is 29.5 Å². The Morgan fingerprint density at radius 1 is 1.29 bits per heavy atom. The Balaban J connectivity index is 2.00. The molecule has 0 aliphatic heterocycles. The highest BCUT2D eigenvalue weighted by Gasteiger charge is 2.29. The van der Waals surface area contributed by atoms with Gasteiger partial charge >= 0.3 is 0 Å². The molecule has 0 spiro atoms. The van der Waals surface area contributed by atoms with Crippen LogP contribution in [-0.4, -0.2) is 27.2 Å². The molecule has 2 atom stereocenters. The summed E-state index contributed by atoms with van der Waals surface area (Å²) in [6.07, 6.45) is 3.05. The first-order chi connectivity index (χ1) is 8.24. The van der Waals surface area contributed by atoms with E-state index in [1.165, 1.54) is 6.33 Å². The summed E-state index contributed by atoms with van der Waals surface area (Å²) in [5.74, 6) is 0.737. The second-order valence-corrected chi connectivity index (χ2v) is 4.72. The molecule has 0 amide bonds.